The molecule has 5 rings (SSSR count). The normalized spacial score (nSPS) is 18.2. The van der Waals surface area contributed by atoms with Crippen molar-refractivity contribution >= 4 is 27.6 Å². The fourth-order valence-corrected chi connectivity index (χ4v) is 5.67. The number of tetrazole rings is 1. The summed E-state index contributed by atoms with van der Waals surface area (Å²) in [6, 6.07) is 16.5. The summed E-state index contributed by atoms with van der Waals surface area (Å²) in [7, 11) is -3.23. The number of para-hydroxylation sites is 1. The Bertz CT molecular complexity index is 1200. The van der Waals surface area contributed by atoms with Crippen LogP contribution in [-0.2, 0) is 10.0 Å². The average molecular weight is 454 g/mol. The molecule has 32 heavy (non-hydrogen) atoms. The van der Waals surface area contributed by atoms with E-state index < -0.39 is 10.0 Å². The average Bonchev–Trinajstić information content (AvgIpc) is 3.46. The van der Waals surface area contributed by atoms with Gasteiger partial charge >= 0.3 is 0 Å². The number of hydrogen-bond acceptors (Lipinski definition) is 7. The van der Waals surface area contributed by atoms with Crippen LogP contribution < -0.4 is 9.21 Å². The van der Waals surface area contributed by atoms with Gasteiger partial charge in [0.15, 0.2) is 0 Å². The Morgan fingerprint density at radius 2 is 1.56 bits per heavy atom. The van der Waals surface area contributed by atoms with Gasteiger partial charge in [0, 0.05) is 38.3 Å². The first-order chi connectivity index (χ1) is 15.5. The van der Waals surface area contributed by atoms with E-state index in [1.807, 2.05) is 30.3 Å². The van der Waals surface area contributed by atoms with Crippen molar-refractivity contribution in [2.24, 2.45) is 0 Å². The second-order valence-electron chi connectivity index (χ2n) is 7.79. The third-order valence-corrected chi connectivity index (χ3v) is 7.67. The summed E-state index contributed by atoms with van der Waals surface area (Å²) in [4.78, 5) is 16.8. The number of amides is 1. The Morgan fingerprint density at radius 3 is 2.22 bits per heavy atom. The van der Waals surface area contributed by atoms with E-state index in [1.54, 1.807) is 33.8 Å². The highest BCUT2D eigenvalue weighted by molar-refractivity contribution is 7.93. The second-order valence-corrected chi connectivity index (χ2v) is 9.81. The second kappa shape index (κ2) is 8.23. The molecular weight excluding hydrogens is 430 g/mol. The van der Waals surface area contributed by atoms with Gasteiger partial charge in [-0.2, -0.15) is 4.68 Å². The summed E-state index contributed by atoms with van der Waals surface area (Å²) in [5, 5.41) is 12.1. The summed E-state index contributed by atoms with van der Waals surface area (Å²) in [5.41, 5.74) is 2.04. The molecule has 0 radical (unpaired) electrons. The number of nitrogens with zero attached hydrogens (tertiary/aromatic N) is 7. The Hall–Kier alpha value is -3.47. The van der Waals surface area contributed by atoms with Crippen molar-refractivity contribution in [2.75, 3.05) is 47.7 Å². The molecule has 3 aromatic rings. The van der Waals surface area contributed by atoms with Gasteiger partial charge in [0.1, 0.15) is 0 Å². The van der Waals surface area contributed by atoms with Gasteiger partial charge in [-0.3, -0.25) is 9.10 Å². The quantitative estimate of drug-likeness (QED) is 0.584. The van der Waals surface area contributed by atoms with E-state index in [9.17, 15) is 13.2 Å². The molecule has 0 bridgehead atoms. The molecule has 1 aromatic heterocycles. The highest BCUT2D eigenvalue weighted by atomic mass is 32.2. The Balaban J connectivity index is 1.24. The van der Waals surface area contributed by atoms with Crippen LogP contribution >= 0.6 is 0 Å². The van der Waals surface area contributed by atoms with E-state index in [0.29, 0.717) is 56.3 Å². The number of sulfonamides is 1. The van der Waals surface area contributed by atoms with Gasteiger partial charge in [-0.1, -0.05) is 23.3 Å². The molecule has 0 saturated carbocycles. The van der Waals surface area contributed by atoms with Gasteiger partial charge in [0.2, 0.25) is 16.0 Å². The molecule has 0 unspecified atom stereocenters. The van der Waals surface area contributed by atoms with E-state index in [1.165, 1.54) is 4.31 Å². The van der Waals surface area contributed by atoms with Crippen molar-refractivity contribution in [1.29, 1.82) is 0 Å². The number of piperazine rings is 1. The maximum Gasteiger partial charge on any atom is 0.253 e. The maximum absolute atomic E-state index is 13.0. The van der Waals surface area contributed by atoms with Crippen LogP contribution in [0, 0.1) is 0 Å². The van der Waals surface area contributed by atoms with Crippen LogP contribution in [0.1, 0.15) is 16.8 Å². The fourth-order valence-electron chi connectivity index (χ4n) is 4.11. The van der Waals surface area contributed by atoms with Crippen molar-refractivity contribution in [1.82, 2.24) is 25.1 Å². The van der Waals surface area contributed by atoms with Crippen molar-refractivity contribution in [3.63, 3.8) is 0 Å². The molecular formula is C21H23N7O3S. The smallest absolute Gasteiger partial charge is 0.253 e. The largest absolute Gasteiger partial charge is 0.336 e. The molecule has 0 atom stereocenters. The lowest BCUT2D eigenvalue weighted by atomic mass is 10.1. The highest BCUT2D eigenvalue weighted by Crippen LogP contribution is 2.25. The third-order valence-electron chi connectivity index (χ3n) is 5.81. The van der Waals surface area contributed by atoms with E-state index in [2.05, 4.69) is 20.4 Å². The Labute approximate surface area is 186 Å². The number of benzene rings is 2. The first-order valence-electron chi connectivity index (χ1n) is 10.5. The molecule has 0 spiro atoms. The lowest BCUT2D eigenvalue weighted by Crippen LogP contribution is -2.49. The van der Waals surface area contributed by atoms with Crippen molar-refractivity contribution < 1.29 is 13.2 Å². The fraction of sp³-hybridized carbons (Fsp3) is 0.333. The molecule has 2 saturated heterocycles. The monoisotopic (exact) mass is 453 g/mol. The third kappa shape index (κ3) is 3.79. The molecule has 3 heterocycles. The van der Waals surface area contributed by atoms with Crippen molar-refractivity contribution in [2.45, 2.75) is 6.42 Å². The van der Waals surface area contributed by atoms with Gasteiger partial charge in [-0.15, -0.1) is 0 Å². The molecule has 166 valence electrons. The van der Waals surface area contributed by atoms with E-state index >= 15 is 0 Å². The SMILES string of the molecule is O=C(c1ccc(N2CCCS2(=O)=O)cc1)N1CCN(c2nnnn2-c2ccccc2)CC1. The van der Waals surface area contributed by atoms with Gasteiger partial charge in [-0.05, 0) is 53.2 Å². The maximum atomic E-state index is 13.0. The predicted molar refractivity (Wildman–Crippen MR) is 119 cm³/mol. The van der Waals surface area contributed by atoms with Crippen LogP contribution in [0.3, 0.4) is 0 Å². The molecule has 0 N–H and O–H groups in total. The number of carbonyl (C=O) groups is 1. The predicted octanol–water partition coefficient (Wildman–Crippen LogP) is 1.16. The molecule has 10 nitrogen and oxygen atoms in total. The Kier molecular flexibility index (Phi) is 5.25. The summed E-state index contributed by atoms with van der Waals surface area (Å²) in [5.74, 6) is 0.758. The zero-order chi connectivity index (χ0) is 22.1. The minimum Gasteiger partial charge on any atom is -0.336 e. The highest BCUT2D eigenvalue weighted by Gasteiger charge is 2.29. The van der Waals surface area contributed by atoms with Crippen LogP contribution in [0.25, 0.3) is 5.69 Å². The van der Waals surface area contributed by atoms with Crippen LogP contribution in [0.15, 0.2) is 54.6 Å². The van der Waals surface area contributed by atoms with Crippen molar-refractivity contribution in [3.05, 3.63) is 60.2 Å². The van der Waals surface area contributed by atoms with Gasteiger partial charge < -0.3 is 9.80 Å². The summed E-state index contributed by atoms with van der Waals surface area (Å²) >= 11 is 0. The molecule has 0 aliphatic carbocycles. The molecule has 2 aliphatic heterocycles. The van der Waals surface area contributed by atoms with Crippen LogP contribution in [0.2, 0.25) is 0 Å². The number of hydrogen-bond donors (Lipinski definition) is 0. The summed E-state index contributed by atoms with van der Waals surface area (Å²) < 4.78 is 27.3. The number of rotatable bonds is 4. The van der Waals surface area contributed by atoms with Crippen LogP contribution in [-0.4, -0.2) is 77.9 Å². The van der Waals surface area contributed by atoms with Crippen LogP contribution in [0.4, 0.5) is 11.6 Å². The summed E-state index contributed by atoms with van der Waals surface area (Å²) in [6.45, 7) is 2.80. The first kappa shape index (κ1) is 20.4. The van der Waals surface area contributed by atoms with E-state index in [-0.39, 0.29) is 11.7 Å². The van der Waals surface area contributed by atoms with Gasteiger partial charge in [-0.25, -0.2) is 8.42 Å². The lowest BCUT2D eigenvalue weighted by Gasteiger charge is -2.34. The zero-order valence-corrected chi connectivity index (χ0v) is 18.2. The van der Waals surface area contributed by atoms with Crippen LogP contribution in [0.5, 0.6) is 0 Å². The molecule has 1 amide bonds. The molecule has 2 aliphatic rings. The minimum absolute atomic E-state index is 0.0665. The molecule has 11 heteroatoms. The van der Waals surface area contributed by atoms with E-state index in [4.69, 9.17) is 0 Å². The number of aromatic nitrogens is 4. The van der Waals surface area contributed by atoms with Crippen molar-refractivity contribution in [3.8, 4) is 5.69 Å². The topological polar surface area (TPSA) is 105 Å². The first-order valence-corrected chi connectivity index (χ1v) is 12.1. The van der Waals surface area contributed by atoms with E-state index in [0.717, 1.165) is 5.69 Å². The zero-order valence-electron chi connectivity index (χ0n) is 17.4. The Morgan fingerprint density at radius 1 is 0.844 bits per heavy atom. The number of carbonyl (C=O) groups excluding carboxylic acids is 1. The summed E-state index contributed by atoms with van der Waals surface area (Å²) in [6.07, 6.45) is 0.626. The molecule has 2 aromatic carbocycles. The lowest BCUT2D eigenvalue weighted by molar-refractivity contribution is 0.0746. The van der Waals surface area contributed by atoms with Gasteiger partial charge in [0.05, 0.1) is 17.1 Å². The van der Waals surface area contributed by atoms with Gasteiger partial charge in [0.25, 0.3) is 5.91 Å². The number of anilines is 2. The standard InChI is InChI=1S/C21H23N7O3S/c29-20(17-7-9-18(10-8-17)27-11-4-16-32(27,30)31)25-12-14-26(15-13-25)21-22-23-24-28(21)19-5-2-1-3-6-19/h1-3,5-10H,4,11-16H2. The molecule has 2 fully saturated rings. The minimum atomic E-state index is -3.23.